The Morgan fingerprint density at radius 1 is 0.643 bits per heavy atom. The first kappa shape index (κ1) is 21.4. The number of rotatable bonds is 6. The number of hydrogen-bond donors (Lipinski definition) is 0. The standard InChI is InChI=1S/C9H23N3.2Y/c1-6-10(3)8-12(5)9-11(4)7-2;;/h6-9H2,1-5H3;;. The van der Waals surface area contributed by atoms with Gasteiger partial charge in [-0.1, -0.05) is 13.8 Å². The Morgan fingerprint density at radius 2 is 0.929 bits per heavy atom. The van der Waals surface area contributed by atoms with Gasteiger partial charge in [0, 0.05) is 65.4 Å². The molecule has 0 spiro atoms. The minimum absolute atomic E-state index is 0. The maximum Gasteiger partial charge on any atom is 0.0512 e. The average Bonchev–Trinajstić information content (AvgIpc) is 2.03. The van der Waals surface area contributed by atoms with Crippen molar-refractivity contribution in [3.8, 4) is 0 Å². The number of nitrogens with zero attached hydrogens (tertiary/aromatic N) is 3. The van der Waals surface area contributed by atoms with E-state index in [9.17, 15) is 0 Å². The Bertz CT molecular complexity index is 102. The predicted octanol–water partition coefficient (Wildman–Crippen LogP) is 0.732. The fraction of sp³-hybridized carbons (Fsp3) is 1.00. The summed E-state index contributed by atoms with van der Waals surface area (Å²) in [4.78, 5) is 6.90. The molecule has 0 saturated carbocycles. The first-order chi connectivity index (χ1) is 5.60. The second-order valence-electron chi connectivity index (χ2n) is 3.48. The van der Waals surface area contributed by atoms with Gasteiger partial charge in [0.25, 0.3) is 0 Å². The van der Waals surface area contributed by atoms with Crippen LogP contribution in [-0.2, 0) is 65.4 Å². The predicted molar refractivity (Wildman–Crippen MR) is 54.1 cm³/mol. The van der Waals surface area contributed by atoms with Crippen LogP contribution < -0.4 is 0 Å². The third-order valence-corrected chi connectivity index (χ3v) is 2.05. The Hall–Kier alpha value is 2.09. The van der Waals surface area contributed by atoms with Crippen LogP contribution in [-0.4, -0.2) is 62.3 Å². The maximum atomic E-state index is 2.31. The van der Waals surface area contributed by atoms with Crippen molar-refractivity contribution in [2.45, 2.75) is 13.8 Å². The molecule has 0 bridgehead atoms. The number of hydrogen-bond acceptors (Lipinski definition) is 3. The van der Waals surface area contributed by atoms with E-state index in [-0.39, 0.29) is 65.4 Å². The normalized spacial score (nSPS) is 10.3. The molecule has 0 aliphatic heterocycles. The molecule has 5 heteroatoms. The van der Waals surface area contributed by atoms with Gasteiger partial charge < -0.3 is 0 Å². The van der Waals surface area contributed by atoms with Crippen molar-refractivity contribution in [1.29, 1.82) is 0 Å². The van der Waals surface area contributed by atoms with E-state index in [4.69, 9.17) is 0 Å². The summed E-state index contributed by atoms with van der Waals surface area (Å²) in [7, 11) is 6.43. The molecule has 0 aromatic rings. The van der Waals surface area contributed by atoms with Crippen molar-refractivity contribution in [2.24, 2.45) is 0 Å². The van der Waals surface area contributed by atoms with Crippen LogP contribution in [0.3, 0.4) is 0 Å². The van der Waals surface area contributed by atoms with E-state index in [1.165, 1.54) is 0 Å². The topological polar surface area (TPSA) is 9.72 Å². The van der Waals surface area contributed by atoms with Crippen LogP contribution in [0.4, 0.5) is 0 Å². The third-order valence-electron chi connectivity index (χ3n) is 2.05. The van der Waals surface area contributed by atoms with Crippen LogP contribution in [0.2, 0.25) is 0 Å². The molecule has 0 saturated heterocycles. The van der Waals surface area contributed by atoms with Crippen LogP contribution >= 0.6 is 0 Å². The Morgan fingerprint density at radius 3 is 1.14 bits per heavy atom. The van der Waals surface area contributed by atoms with E-state index in [1.807, 2.05) is 0 Å². The first-order valence-electron chi connectivity index (χ1n) is 4.65. The summed E-state index contributed by atoms with van der Waals surface area (Å²) in [5.74, 6) is 0. The quantitative estimate of drug-likeness (QED) is 0.654. The van der Waals surface area contributed by atoms with Gasteiger partial charge in [0.15, 0.2) is 0 Å². The van der Waals surface area contributed by atoms with Crippen molar-refractivity contribution >= 4 is 0 Å². The summed E-state index contributed by atoms with van der Waals surface area (Å²) in [6.07, 6.45) is 0. The molecule has 0 aliphatic rings. The van der Waals surface area contributed by atoms with Crippen molar-refractivity contribution in [3.63, 3.8) is 0 Å². The van der Waals surface area contributed by atoms with Gasteiger partial charge in [0.05, 0.1) is 13.3 Å². The molecular formula is C9H23N3Y2. The molecule has 0 unspecified atom stereocenters. The van der Waals surface area contributed by atoms with E-state index in [1.54, 1.807) is 0 Å². The second kappa shape index (κ2) is 13.2. The fourth-order valence-corrected chi connectivity index (χ4v) is 1.07. The summed E-state index contributed by atoms with van der Waals surface area (Å²) >= 11 is 0. The summed E-state index contributed by atoms with van der Waals surface area (Å²) in [5.41, 5.74) is 0. The zero-order chi connectivity index (χ0) is 9.56. The molecule has 2 radical (unpaired) electrons. The molecule has 0 heterocycles. The molecule has 0 atom stereocenters. The summed E-state index contributed by atoms with van der Waals surface area (Å²) in [6.45, 7) is 8.66. The molecule has 0 aliphatic carbocycles. The van der Waals surface area contributed by atoms with Crippen LogP contribution in [0.1, 0.15) is 13.8 Å². The van der Waals surface area contributed by atoms with Gasteiger partial charge in [-0.3, -0.25) is 14.7 Å². The average molecular weight is 351 g/mol. The van der Waals surface area contributed by atoms with Gasteiger partial charge in [-0.15, -0.1) is 0 Å². The SMILES string of the molecule is CCN(C)CN(C)CN(C)CC.[Y].[Y]. The molecular weight excluding hydrogens is 328 g/mol. The van der Waals surface area contributed by atoms with Crippen molar-refractivity contribution in [3.05, 3.63) is 0 Å². The maximum absolute atomic E-state index is 2.31. The Kier molecular flexibility index (Phi) is 20.1. The van der Waals surface area contributed by atoms with Crippen LogP contribution in [0, 0.1) is 0 Å². The van der Waals surface area contributed by atoms with Crippen LogP contribution in [0.15, 0.2) is 0 Å². The second-order valence-corrected chi connectivity index (χ2v) is 3.48. The van der Waals surface area contributed by atoms with Gasteiger partial charge in [-0.05, 0) is 34.2 Å². The van der Waals surface area contributed by atoms with E-state index >= 15 is 0 Å². The van der Waals surface area contributed by atoms with Gasteiger partial charge in [0.2, 0.25) is 0 Å². The van der Waals surface area contributed by atoms with E-state index < -0.39 is 0 Å². The van der Waals surface area contributed by atoms with Crippen molar-refractivity contribution in [2.75, 3.05) is 47.6 Å². The van der Waals surface area contributed by atoms with Crippen molar-refractivity contribution < 1.29 is 65.4 Å². The van der Waals surface area contributed by atoms with Gasteiger partial charge in [-0.2, -0.15) is 0 Å². The summed E-state index contributed by atoms with van der Waals surface area (Å²) in [5, 5.41) is 0. The molecule has 0 amide bonds. The van der Waals surface area contributed by atoms with E-state index in [2.05, 4.69) is 49.7 Å². The first-order valence-corrected chi connectivity index (χ1v) is 4.65. The Labute approximate surface area is 140 Å². The molecule has 0 rings (SSSR count). The molecule has 3 nitrogen and oxygen atoms in total. The molecule has 80 valence electrons. The molecule has 14 heavy (non-hydrogen) atoms. The largest absolute Gasteiger partial charge is 0.294 e. The zero-order valence-electron chi connectivity index (χ0n) is 10.3. The summed E-state index contributed by atoms with van der Waals surface area (Å²) < 4.78 is 0. The van der Waals surface area contributed by atoms with E-state index in [0.29, 0.717) is 0 Å². The monoisotopic (exact) mass is 351 g/mol. The molecule has 0 fully saturated rings. The Balaban J connectivity index is -0.000000605. The van der Waals surface area contributed by atoms with E-state index in [0.717, 1.165) is 26.4 Å². The summed E-state index contributed by atoms with van der Waals surface area (Å²) in [6, 6.07) is 0. The smallest absolute Gasteiger partial charge is 0.0512 e. The minimum Gasteiger partial charge on any atom is -0.294 e. The molecule has 0 aromatic carbocycles. The van der Waals surface area contributed by atoms with Gasteiger partial charge >= 0.3 is 0 Å². The van der Waals surface area contributed by atoms with Crippen LogP contribution in [0.25, 0.3) is 0 Å². The third kappa shape index (κ3) is 12.2. The van der Waals surface area contributed by atoms with Gasteiger partial charge in [0.1, 0.15) is 0 Å². The zero-order valence-corrected chi connectivity index (χ0v) is 16.0. The minimum atomic E-state index is 0. The molecule has 0 N–H and O–H groups in total. The van der Waals surface area contributed by atoms with Crippen LogP contribution in [0.5, 0.6) is 0 Å². The fourth-order valence-electron chi connectivity index (χ4n) is 1.07. The van der Waals surface area contributed by atoms with Gasteiger partial charge in [-0.25, -0.2) is 0 Å². The van der Waals surface area contributed by atoms with Crippen molar-refractivity contribution in [1.82, 2.24) is 14.7 Å². The molecule has 0 aromatic heterocycles.